The van der Waals surface area contributed by atoms with E-state index in [9.17, 15) is 0 Å². The molecular formula is C11H16N2. The van der Waals surface area contributed by atoms with Crippen molar-refractivity contribution in [2.24, 2.45) is 0 Å². The van der Waals surface area contributed by atoms with Gasteiger partial charge in [0, 0.05) is 30.4 Å². The van der Waals surface area contributed by atoms with Crippen LogP contribution in [0.15, 0.2) is 12.3 Å². The Bertz CT molecular complexity index is 329. The third-order valence-corrected chi connectivity index (χ3v) is 3.86. The van der Waals surface area contributed by atoms with Crippen molar-refractivity contribution in [1.82, 2.24) is 4.98 Å². The molecule has 70 valence electrons. The average Bonchev–Trinajstić information content (AvgIpc) is 2.72. The zero-order valence-electron chi connectivity index (χ0n) is 8.14. The van der Waals surface area contributed by atoms with E-state index in [1.54, 1.807) is 0 Å². The highest BCUT2D eigenvalue weighted by Crippen LogP contribution is 2.46. The minimum absolute atomic E-state index is 0.489. The first-order valence-electron chi connectivity index (χ1n) is 5.30. The van der Waals surface area contributed by atoms with Gasteiger partial charge in [-0.15, -0.1) is 0 Å². The van der Waals surface area contributed by atoms with Gasteiger partial charge in [0.25, 0.3) is 0 Å². The van der Waals surface area contributed by atoms with Gasteiger partial charge in [0.05, 0.1) is 5.69 Å². The molecular weight excluding hydrogens is 160 g/mol. The standard InChI is InChI=1S/C11H16N2/c1-2-11-5-3-7-13(11)10-4-6-12-9(10)8-11/h4,6,12H,2-3,5,7-8H2,1H3. The zero-order valence-corrected chi connectivity index (χ0v) is 8.14. The van der Waals surface area contributed by atoms with E-state index in [0.29, 0.717) is 5.54 Å². The van der Waals surface area contributed by atoms with Gasteiger partial charge in [0.2, 0.25) is 0 Å². The van der Waals surface area contributed by atoms with E-state index in [4.69, 9.17) is 0 Å². The lowest BCUT2D eigenvalue weighted by Gasteiger charge is -2.32. The number of fused-ring (bicyclic) bond motifs is 3. The van der Waals surface area contributed by atoms with Crippen molar-refractivity contribution in [2.75, 3.05) is 11.4 Å². The van der Waals surface area contributed by atoms with E-state index >= 15 is 0 Å². The molecule has 0 aliphatic carbocycles. The molecule has 1 aromatic rings. The van der Waals surface area contributed by atoms with Crippen LogP contribution in [0.4, 0.5) is 5.69 Å². The SMILES string of the molecule is CCC12CCCN1c1cc[nH]c1C2. The molecule has 2 nitrogen and oxygen atoms in total. The molecule has 3 heterocycles. The molecule has 1 atom stereocenters. The highest BCUT2D eigenvalue weighted by molar-refractivity contribution is 5.60. The first-order chi connectivity index (χ1) is 6.36. The smallest absolute Gasteiger partial charge is 0.0582 e. The summed E-state index contributed by atoms with van der Waals surface area (Å²) in [5.41, 5.74) is 3.42. The molecule has 2 aliphatic heterocycles. The van der Waals surface area contributed by atoms with Crippen molar-refractivity contribution in [2.45, 2.75) is 38.1 Å². The minimum Gasteiger partial charge on any atom is -0.364 e. The number of anilines is 1. The lowest BCUT2D eigenvalue weighted by atomic mass is 9.91. The summed E-state index contributed by atoms with van der Waals surface area (Å²) >= 11 is 0. The third-order valence-electron chi connectivity index (χ3n) is 3.86. The molecule has 0 bridgehead atoms. The fourth-order valence-electron chi connectivity index (χ4n) is 3.11. The summed E-state index contributed by atoms with van der Waals surface area (Å²) in [6.45, 7) is 3.59. The van der Waals surface area contributed by atoms with Gasteiger partial charge in [0.15, 0.2) is 0 Å². The number of nitrogens with zero attached hydrogens (tertiary/aromatic N) is 1. The van der Waals surface area contributed by atoms with Gasteiger partial charge in [-0.2, -0.15) is 0 Å². The molecule has 2 aliphatic rings. The summed E-state index contributed by atoms with van der Waals surface area (Å²) in [4.78, 5) is 5.99. The Kier molecular flexibility index (Phi) is 1.33. The van der Waals surface area contributed by atoms with Crippen molar-refractivity contribution in [3.8, 4) is 0 Å². The highest BCUT2D eigenvalue weighted by Gasteiger charge is 2.45. The van der Waals surface area contributed by atoms with Gasteiger partial charge in [0.1, 0.15) is 0 Å². The second-order valence-electron chi connectivity index (χ2n) is 4.35. The van der Waals surface area contributed by atoms with Crippen LogP contribution in [0.2, 0.25) is 0 Å². The molecule has 0 amide bonds. The number of H-pyrrole nitrogens is 1. The number of rotatable bonds is 1. The topological polar surface area (TPSA) is 19.0 Å². The fraction of sp³-hybridized carbons (Fsp3) is 0.636. The second-order valence-corrected chi connectivity index (χ2v) is 4.35. The van der Waals surface area contributed by atoms with E-state index in [1.165, 1.54) is 43.6 Å². The van der Waals surface area contributed by atoms with Crippen LogP contribution >= 0.6 is 0 Å². The van der Waals surface area contributed by atoms with Crippen molar-refractivity contribution in [1.29, 1.82) is 0 Å². The Hall–Kier alpha value is -0.920. The molecule has 0 saturated carbocycles. The number of hydrogen-bond acceptors (Lipinski definition) is 1. The van der Waals surface area contributed by atoms with Gasteiger partial charge in [-0.05, 0) is 25.3 Å². The van der Waals surface area contributed by atoms with Crippen LogP contribution in [-0.4, -0.2) is 17.1 Å². The third kappa shape index (κ3) is 0.787. The summed E-state index contributed by atoms with van der Waals surface area (Å²) in [6.07, 6.45) is 7.36. The second kappa shape index (κ2) is 2.31. The Morgan fingerprint density at radius 3 is 3.38 bits per heavy atom. The van der Waals surface area contributed by atoms with E-state index in [1.807, 2.05) is 0 Å². The van der Waals surface area contributed by atoms with Gasteiger partial charge in [-0.25, -0.2) is 0 Å². The van der Waals surface area contributed by atoms with Gasteiger partial charge in [-0.1, -0.05) is 6.92 Å². The molecule has 3 rings (SSSR count). The molecule has 13 heavy (non-hydrogen) atoms. The Morgan fingerprint density at radius 1 is 1.62 bits per heavy atom. The van der Waals surface area contributed by atoms with Crippen LogP contribution < -0.4 is 4.90 Å². The Balaban J connectivity index is 2.07. The highest BCUT2D eigenvalue weighted by atomic mass is 15.3. The number of nitrogens with one attached hydrogen (secondary N) is 1. The predicted octanol–water partition coefficient (Wildman–Crippen LogP) is 2.32. The molecule has 1 fully saturated rings. The van der Waals surface area contributed by atoms with E-state index in [-0.39, 0.29) is 0 Å². The maximum Gasteiger partial charge on any atom is 0.0582 e. The summed E-state index contributed by atoms with van der Waals surface area (Å²) in [5.74, 6) is 0. The summed E-state index contributed by atoms with van der Waals surface area (Å²) < 4.78 is 0. The van der Waals surface area contributed by atoms with Crippen LogP contribution in [0.25, 0.3) is 0 Å². The summed E-state index contributed by atoms with van der Waals surface area (Å²) in [6, 6.07) is 2.23. The predicted molar refractivity (Wildman–Crippen MR) is 54.1 cm³/mol. The summed E-state index contributed by atoms with van der Waals surface area (Å²) in [5, 5.41) is 0. The van der Waals surface area contributed by atoms with Gasteiger partial charge < -0.3 is 9.88 Å². The molecule has 0 aromatic carbocycles. The zero-order chi connectivity index (χ0) is 8.89. The van der Waals surface area contributed by atoms with Gasteiger partial charge >= 0.3 is 0 Å². The molecule has 1 aromatic heterocycles. The largest absolute Gasteiger partial charge is 0.364 e. The number of hydrogen-bond donors (Lipinski definition) is 1. The Labute approximate surface area is 78.9 Å². The van der Waals surface area contributed by atoms with Gasteiger partial charge in [-0.3, -0.25) is 0 Å². The Morgan fingerprint density at radius 2 is 2.54 bits per heavy atom. The molecule has 1 unspecified atom stereocenters. The minimum atomic E-state index is 0.489. The maximum absolute atomic E-state index is 3.36. The van der Waals surface area contributed by atoms with E-state index < -0.39 is 0 Å². The molecule has 0 radical (unpaired) electrons. The van der Waals surface area contributed by atoms with Crippen LogP contribution in [-0.2, 0) is 6.42 Å². The summed E-state index contributed by atoms with van der Waals surface area (Å²) in [7, 11) is 0. The molecule has 0 spiro atoms. The first-order valence-corrected chi connectivity index (χ1v) is 5.30. The monoisotopic (exact) mass is 176 g/mol. The lowest BCUT2D eigenvalue weighted by molar-refractivity contribution is 0.427. The van der Waals surface area contributed by atoms with Crippen molar-refractivity contribution in [3.63, 3.8) is 0 Å². The first kappa shape index (κ1) is 7.48. The maximum atomic E-state index is 3.36. The number of aromatic amines is 1. The fourth-order valence-corrected chi connectivity index (χ4v) is 3.11. The molecule has 2 heteroatoms. The van der Waals surface area contributed by atoms with E-state index in [2.05, 4.69) is 29.1 Å². The van der Waals surface area contributed by atoms with E-state index in [0.717, 1.165) is 0 Å². The number of aromatic nitrogens is 1. The van der Waals surface area contributed by atoms with Crippen molar-refractivity contribution in [3.05, 3.63) is 18.0 Å². The average molecular weight is 176 g/mol. The van der Waals surface area contributed by atoms with Crippen LogP contribution in [0.3, 0.4) is 0 Å². The van der Waals surface area contributed by atoms with Crippen molar-refractivity contribution < 1.29 is 0 Å². The van der Waals surface area contributed by atoms with Crippen molar-refractivity contribution >= 4 is 5.69 Å². The van der Waals surface area contributed by atoms with Crippen LogP contribution in [0.5, 0.6) is 0 Å². The molecule has 1 saturated heterocycles. The van der Waals surface area contributed by atoms with Crippen LogP contribution in [0.1, 0.15) is 31.9 Å². The quantitative estimate of drug-likeness (QED) is 0.695. The van der Waals surface area contributed by atoms with Crippen LogP contribution in [0, 0.1) is 0 Å². The lowest BCUT2D eigenvalue weighted by Crippen LogP contribution is -2.40. The molecule has 1 N–H and O–H groups in total. The normalized spacial score (nSPS) is 30.7.